The van der Waals surface area contributed by atoms with Crippen LogP contribution in [0.25, 0.3) is 6.08 Å². The van der Waals surface area contributed by atoms with Crippen molar-refractivity contribution in [3.8, 4) is 0 Å². The van der Waals surface area contributed by atoms with E-state index >= 15 is 0 Å². The number of hydrogen-bond donors (Lipinski definition) is 2. The fourth-order valence-corrected chi connectivity index (χ4v) is 4.69. The lowest BCUT2D eigenvalue weighted by atomic mass is 9.98. The van der Waals surface area contributed by atoms with Crippen molar-refractivity contribution in [3.63, 3.8) is 0 Å². The second kappa shape index (κ2) is 8.42. The van der Waals surface area contributed by atoms with Crippen molar-refractivity contribution in [2.75, 3.05) is 0 Å². The molecule has 160 valence electrons. The summed E-state index contributed by atoms with van der Waals surface area (Å²) in [6.45, 7) is 8.16. The van der Waals surface area contributed by atoms with Gasteiger partial charge in [0.15, 0.2) is 0 Å². The fraction of sp³-hybridized carbons (Fsp3) is 0.308. The van der Waals surface area contributed by atoms with Gasteiger partial charge in [-0.2, -0.15) is 0 Å². The van der Waals surface area contributed by atoms with Crippen molar-refractivity contribution in [1.29, 1.82) is 0 Å². The predicted octanol–water partition coefficient (Wildman–Crippen LogP) is 4.60. The molecular weight excluding hydrogens is 386 g/mol. The Balaban J connectivity index is 1.69. The third kappa shape index (κ3) is 3.88. The molecule has 2 heterocycles. The van der Waals surface area contributed by atoms with Gasteiger partial charge in [-0.15, -0.1) is 0 Å². The van der Waals surface area contributed by atoms with Crippen molar-refractivity contribution in [1.82, 2.24) is 14.9 Å². The van der Waals surface area contributed by atoms with Crippen LogP contribution in [0.4, 0.5) is 0 Å². The lowest BCUT2D eigenvalue weighted by Gasteiger charge is -2.20. The second-order valence-electron chi connectivity index (χ2n) is 8.35. The highest BCUT2D eigenvalue weighted by Gasteiger charge is 2.27. The highest BCUT2D eigenvalue weighted by molar-refractivity contribution is 5.98. The molecule has 5 heteroatoms. The zero-order valence-electron chi connectivity index (χ0n) is 18.6. The summed E-state index contributed by atoms with van der Waals surface area (Å²) in [7, 11) is 0. The summed E-state index contributed by atoms with van der Waals surface area (Å²) in [5.41, 5.74) is 7.26. The first kappa shape index (κ1) is 20.9. The van der Waals surface area contributed by atoms with Gasteiger partial charge in [-0.25, -0.2) is 0 Å². The van der Waals surface area contributed by atoms with Crippen molar-refractivity contribution < 1.29 is 4.79 Å². The average Bonchev–Trinajstić information content (AvgIpc) is 3.04. The Labute approximate surface area is 182 Å². The van der Waals surface area contributed by atoms with Gasteiger partial charge in [0.05, 0.1) is 11.6 Å². The van der Waals surface area contributed by atoms with Gasteiger partial charge in [-0.1, -0.05) is 36.4 Å². The number of nitrogens with zero attached hydrogens (tertiary/aromatic N) is 1. The fourth-order valence-electron chi connectivity index (χ4n) is 4.69. The summed E-state index contributed by atoms with van der Waals surface area (Å²) in [5.74, 6) is -0.123. The van der Waals surface area contributed by atoms with Crippen LogP contribution in [-0.2, 0) is 13.0 Å². The first-order valence-electron chi connectivity index (χ1n) is 10.8. The maximum Gasteiger partial charge on any atom is 0.253 e. The third-order valence-corrected chi connectivity index (χ3v) is 6.25. The Morgan fingerprint density at radius 2 is 1.94 bits per heavy atom. The van der Waals surface area contributed by atoms with E-state index in [0.717, 1.165) is 46.6 Å². The number of H-pyrrole nitrogens is 1. The summed E-state index contributed by atoms with van der Waals surface area (Å²) in [6.07, 6.45) is 6.07. The minimum absolute atomic E-state index is 0.112. The number of fused-ring (bicyclic) bond motifs is 1. The first-order chi connectivity index (χ1) is 14.9. The van der Waals surface area contributed by atoms with Crippen molar-refractivity contribution in [2.45, 2.75) is 53.1 Å². The van der Waals surface area contributed by atoms with Gasteiger partial charge >= 0.3 is 0 Å². The molecule has 3 aromatic rings. The van der Waals surface area contributed by atoms with Crippen LogP contribution in [0.3, 0.4) is 0 Å². The molecule has 1 aliphatic rings. The van der Waals surface area contributed by atoms with E-state index in [-0.39, 0.29) is 24.1 Å². The normalized spacial score (nSPS) is 13.7. The highest BCUT2D eigenvalue weighted by atomic mass is 16.2. The number of benzene rings is 1. The number of nitrogens with one attached hydrogen (secondary N) is 2. The molecular formula is C26H29N3O2. The number of rotatable bonds is 5. The van der Waals surface area contributed by atoms with E-state index in [1.165, 1.54) is 5.56 Å². The summed E-state index contributed by atoms with van der Waals surface area (Å²) in [4.78, 5) is 28.5. The standard InChI is InChI=1S/C26H29N3O2/c1-16-14-17(2)28-25(30)22(16)15-27-26(31)24-19(4)29(23-13-9-8-12-21(23)24)18(3)20-10-6-5-7-11-20/h5-7,9-11,13-14,18H,8,12,15H2,1-4H3,(H,27,31)(H,28,30). The molecule has 5 nitrogen and oxygen atoms in total. The number of carbonyl (C=O) groups is 1. The van der Waals surface area contributed by atoms with Crippen LogP contribution >= 0.6 is 0 Å². The van der Waals surface area contributed by atoms with Crippen molar-refractivity contribution in [3.05, 3.63) is 97.7 Å². The molecule has 0 spiro atoms. The van der Waals surface area contributed by atoms with Crippen molar-refractivity contribution in [2.24, 2.45) is 0 Å². The van der Waals surface area contributed by atoms with Gasteiger partial charge in [-0.05, 0) is 69.4 Å². The molecule has 1 amide bonds. The molecule has 0 radical (unpaired) electrons. The summed E-state index contributed by atoms with van der Waals surface area (Å²) >= 11 is 0. The number of amides is 1. The molecule has 0 saturated carbocycles. The number of aryl methyl sites for hydroxylation is 2. The molecule has 0 bridgehead atoms. The monoisotopic (exact) mass is 415 g/mol. The number of allylic oxidation sites excluding steroid dienone is 1. The number of aromatic amines is 1. The van der Waals surface area contributed by atoms with Crippen LogP contribution in [0.1, 0.15) is 69.1 Å². The maximum absolute atomic E-state index is 13.3. The van der Waals surface area contributed by atoms with Crippen LogP contribution in [0.15, 0.2) is 47.3 Å². The van der Waals surface area contributed by atoms with Gasteiger partial charge in [0.2, 0.25) is 0 Å². The number of pyridine rings is 1. The molecule has 1 aromatic carbocycles. The minimum atomic E-state index is -0.144. The SMILES string of the molecule is Cc1cc(C)c(CNC(=O)c2c3c(n(C(C)c4ccccc4)c2C)C=CCC3)c(=O)[nH]1. The van der Waals surface area contributed by atoms with Crippen LogP contribution in [0.2, 0.25) is 0 Å². The Kier molecular flexibility index (Phi) is 5.68. The van der Waals surface area contributed by atoms with Gasteiger partial charge in [-0.3, -0.25) is 9.59 Å². The molecule has 31 heavy (non-hydrogen) atoms. The molecule has 1 atom stereocenters. The molecule has 4 rings (SSSR count). The number of carbonyl (C=O) groups excluding carboxylic acids is 1. The van der Waals surface area contributed by atoms with Gasteiger partial charge < -0.3 is 14.9 Å². The number of aromatic nitrogens is 2. The lowest BCUT2D eigenvalue weighted by molar-refractivity contribution is 0.0949. The van der Waals surface area contributed by atoms with Crippen LogP contribution < -0.4 is 10.9 Å². The smallest absolute Gasteiger partial charge is 0.253 e. The van der Waals surface area contributed by atoms with Crippen LogP contribution in [0.5, 0.6) is 0 Å². The average molecular weight is 416 g/mol. The van der Waals surface area contributed by atoms with E-state index in [4.69, 9.17) is 0 Å². The Hall–Kier alpha value is -3.34. The Morgan fingerprint density at radius 3 is 2.65 bits per heavy atom. The maximum atomic E-state index is 13.3. The molecule has 2 N–H and O–H groups in total. The van der Waals surface area contributed by atoms with Crippen LogP contribution in [-0.4, -0.2) is 15.5 Å². The minimum Gasteiger partial charge on any atom is -0.348 e. The first-order valence-corrected chi connectivity index (χ1v) is 10.8. The molecule has 0 saturated heterocycles. The van der Waals surface area contributed by atoms with Gasteiger partial charge in [0.1, 0.15) is 0 Å². The van der Waals surface area contributed by atoms with Gasteiger partial charge in [0.25, 0.3) is 11.5 Å². The summed E-state index contributed by atoms with van der Waals surface area (Å²) in [6, 6.07) is 12.4. The van der Waals surface area contributed by atoms with E-state index in [2.05, 4.69) is 46.1 Å². The highest BCUT2D eigenvalue weighted by Crippen LogP contribution is 2.33. The van der Waals surface area contributed by atoms with E-state index in [0.29, 0.717) is 5.56 Å². The van der Waals surface area contributed by atoms with E-state index in [1.54, 1.807) is 0 Å². The van der Waals surface area contributed by atoms with Crippen LogP contribution in [0, 0.1) is 20.8 Å². The molecule has 0 aliphatic heterocycles. The molecule has 1 unspecified atom stereocenters. The second-order valence-corrected chi connectivity index (χ2v) is 8.35. The largest absolute Gasteiger partial charge is 0.348 e. The predicted molar refractivity (Wildman–Crippen MR) is 124 cm³/mol. The van der Waals surface area contributed by atoms with Crippen molar-refractivity contribution >= 4 is 12.0 Å². The zero-order valence-corrected chi connectivity index (χ0v) is 18.6. The number of hydrogen-bond acceptors (Lipinski definition) is 2. The molecule has 2 aromatic heterocycles. The Morgan fingerprint density at radius 1 is 1.19 bits per heavy atom. The van der Waals surface area contributed by atoms with E-state index in [9.17, 15) is 9.59 Å². The molecule has 0 fully saturated rings. The van der Waals surface area contributed by atoms with E-state index < -0.39 is 0 Å². The summed E-state index contributed by atoms with van der Waals surface area (Å²) in [5, 5.41) is 3.00. The lowest BCUT2D eigenvalue weighted by Crippen LogP contribution is -2.29. The Bertz CT molecular complexity index is 1220. The van der Waals surface area contributed by atoms with E-state index in [1.807, 2.05) is 45.0 Å². The molecule has 1 aliphatic carbocycles. The van der Waals surface area contributed by atoms with Gasteiger partial charge in [0, 0.05) is 29.2 Å². The third-order valence-electron chi connectivity index (χ3n) is 6.25. The topological polar surface area (TPSA) is 66.9 Å². The quantitative estimate of drug-likeness (QED) is 0.639. The summed E-state index contributed by atoms with van der Waals surface area (Å²) < 4.78 is 2.26. The zero-order chi connectivity index (χ0) is 22.1.